The van der Waals surface area contributed by atoms with Gasteiger partial charge in [0, 0.05) is 22.8 Å². The molecule has 1 atom stereocenters. The first-order valence-corrected chi connectivity index (χ1v) is 7.34. The molecular weight excluding hydrogens is 252 g/mol. The summed E-state index contributed by atoms with van der Waals surface area (Å²) in [5.41, 5.74) is 0. The van der Waals surface area contributed by atoms with Crippen LogP contribution in [0.15, 0.2) is 23.1 Å². The molecule has 1 nitrogen and oxygen atoms in total. The zero-order chi connectivity index (χ0) is 13.5. The third-order valence-corrected chi connectivity index (χ3v) is 3.94. The third-order valence-electron chi connectivity index (χ3n) is 2.77. The van der Waals surface area contributed by atoms with Crippen LogP contribution in [-0.2, 0) is 0 Å². The number of nitrogens with one attached hydrogen (secondary N) is 1. The summed E-state index contributed by atoms with van der Waals surface area (Å²) in [6.45, 7) is 7.39. The molecule has 0 saturated carbocycles. The van der Waals surface area contributed by atoms with E-state index < -0.39 is 11.6 Å². The van der Waals surface area contributed by atoms with Gasteiger partial charge in [0.2, 0.25) is 0 Å². The van der Waals surface area contributed by atoms with Crippen LogP contribution >= 0.6 is 11.8 Å². The fourth-order valence-electron chi connectivity index (χ4n) is 1.59. The summed E-state index contributed by atoms with van der Waals surface area (Å²) < 4.78 is 26.3. The van der Waals surface area contributed by atoms with Gasteiger partial charge in [0.1, 0.15) is 11.6 Å². The van der Waals surface area contributed by atoms with Gasteiger partial charge in [0.15, 0.2) is 0 Å². The fraction of sp³-hybridized carbons (Fsp3) is 0.571. The lowest BCUT2D eigenvalue weighted by atomic mass is 10.1. The Bertz CT molecular complexity index is 369. The van der Waals surface area contributed by atoms with Crippen molar-refractivity contribution in [2.24, 2.45) is 5.92 Å². The Labute approximate surface area is 112 Å². The van der Waals surface area contributed by atoms with Gasteiger partial charge in [0.05, 0.1) is 0 Å². The maximum Gasteiger partial charge on any atom is 0.139 e. The Morgan fingerprint density at radius 3 is 2.56 bits per heavy atom. The lowest BCUT2D eigenvalue weighted by Crippen LogP contribution is -2.36. The van der Waals surface area contributed by atoms with Crippen LogP contribution in [-0.4, -0.2) is 18.3 Å². The van der Waals surface area contributed by atoms with Gasteiger partial charge >= 0.3 is 0 Å². The molecule has 18 heavy (non-hydrogen) atoms. The molecule has 0 aromatic heterocycles. The number of thioether (sulfide) groups is 1. The molecule has 0 spiro atoms. The van der Waals surface area contributed by atoms with E-state index in [0.717, 1.165) is 24.8 Å². The molecule has 1 aromatic carbocycles. The topological polar surface area (TPSA) is 12.0 Å². The predicted octanol–water partition coefficient (Wildman–Crippen LogP) is 4.08. The molecule has 4 heteroatoms. The summed E-state index contributed by atoms with van der Waals surface area (Å²) in [6.07, 6.45) is 1.08. The SMILES string of the molecule is CCCNC(CSc1ccc(F)cc1F)C(C)C. The second-order valence-electron chi connectivity index (χ2n) is 4.69. The smallest absolute Gasteiger partial charge is 0.139 e. The maximum atomic E-state index is 13.5. The Kier molecular flexibility index (Phi) is 6.65. The second kappa shape index (κ2) is 7.74. The first kappa shape index (κ1) is 15.4. The van der Waals surface area contributed by atoms with Crippen LogP contribution in [0.4, 0.5) is 8.78 Å². The summed E-state index contributed by atoms with van der Waals surface area (Å²) in [5.74, 6) is 0.284. The van der Waals surface area contributed by atoms with E-state index in [1.54, 1.807) is 0 Å². The van der Waals surface area contributed by atoms with Crippen molar-refractivity contribution < 1.29 is 8.78 Å². The van der Waals surface area contributed by atoms with E-state index in [-0.39, 0.29) is 0 Å². The van der Waals surface area contributed by atoms with Gasteiger partial charge in [-0.05, 0) is 31.0 Å². The summed E-state index contributed by atoms with van der Waals surface area (Å²) >= 11 is 1.44. The second-order valence-corrected chi connectivity index (χ2v) is 5.75. The van der Waals surface area contributed by atoms with Crippen molar-refractivity contribution in [2.75, 3.05) is 12.3 Å². The van der Waals surface area contributed by atoms with Gasteiger partial charge in [-0.25, -0.2) is 8.78 Å². The monoisotopic (exact) mass is 273 g/mol. The number of rotatable bonds is 7. The predicted molar refractivity (Wildman–Crippen MR) is 74.0 cm³/mol. The van der Waals surface area contributed by atoms with E-state index in [2.05, 4.69) is 26.1 Å². The lowest BCUT2D eigenvalue weighted by molar-refractivity contribution is 0.433. The minimum atomic E-state index is -0.527. The number of benzene rings is 1. The van der Waals surface area contributed by atoms with Crippen LogP contribution in [0.5, 0.6) is 0 Å². The Morgan fingerprint density at radius 1 is 1.28 bits per heavy atom. The molecule has 0 fully saturated rings. The molecule has 0 bridgehead atoms. The summed E-state index contributed by atoms with van der Waals surface area (Å²) in [7, 11) is 0. The van der Waals surface area contributed by atoms with Crippen molar-refractivity contribution in [3.8, 4) is 0 Å². The highest BCUT2D eigenvalue weighted by molar-refractivity contribution is 7.99. The molecule has 0 amide bonds. The largest absolute Gasteiger partial charge is 0.313 e. The van der Waals surface area contributed by atoms with Gasteiger partial charge < -0.3 is 5.32 Å². The van der Waals surface area contributed by atoms with Crippen LogP contribution in [0.3, 0.4) is 0 Å². The number of halogens is 2. The maximum absolute atomic E-state index is 13.5. The molecule has 1 rings (SSSR count). The third kappa shape index (κ3) is 4.94. The first-order chi connectivity index (χ1) is 8.54. The van der Waals surface area contributed by atoms with Crippen LogP contribution in [0.2, 0.25) is 0 Å². The Balaban J connectivity index is 2.55. The molecule has 0 aliphatic rings. The number of hydrogen-bond donors (Lipinski definition) is 1. The molecule has 0 radical (unpaired) electrons. The average Bonchev–Trinajstić information content (AvgIpc) is 2.31. The molecule has 1 unspecified atom stereocenters. The highest BCUT2D eigenvalue weighted by atomic mass is 32.2. The van der Waals surface area contributed by atoms with Crippen LogP contribution < -0.4 is 5.32 Å². The Morgan fingerprint density at radius 2 is 2.00 bits per heavy atom. The van der Waals surface area contributed by atoms with Crippen LogP contribution in [0.25, 0.3) is 0 Å². The van der Waals surface area contributed by atoms with Gasteiger partial charge in [-0.3, -0.25) is 0 Å². The standard InChI is InChI=1S/C14H21F2NS/c1-4-7-17-13(10(2)3)9-18-14-6-5-11(15)8-12(14)16/h5-6,8,10,13,17H,4,7,9H2,1-3H3. The summed E-state index contributed by atoms with van der Waals surface area (Å²) in [6, 6.07) is 4.09. The molecule has 0 aliphatic carbocycles. The van der Waals surface area contributed by atoms with Crippen molar-refractivity contribution >= 4 is 11.8 Å². The minimum Gasteiger partial charge on any atom is -0.313 e. The fourth-order valence-corrected chi connectivity index (χ4v) is 2.81. The highest BCUT2D eigenvalue weighted by Crippen LogP contribution is 2.24. The van der Waals surface area contributed by atoms with E-state index in [1.165, 1.54) is 23.9 Å². The van der Waals surface area contributed by atoms with E-state index in [1.807, 2.05) is 0 Å². The molecule has 1 N–H and O–H groups in total. The van der Waals surface area contributed by atoms with Gasteiger partial charge in [0.25, 0.3) is 0 Å². The van der Waals surface area contributed by atoms with Crippen molar-refractivity contribution in [1.82, 2.24) is 5.32 Å². The summed E-state index contributed by atoms with van der Waals surface area (Å²) in [4.78, 5) is 0.514. The quantitative estimate of drug-likeness (QED) is 0.751. The first-order valence-electron chi connectivity index (χ1n) is 6.35. The molecule has 0 saturated heterocycles. The lowest BCUT2D eigenvalue weighted by Gasteiger charge is -2.22. The summed E-state index contributed by atoms with van der Waals surface area (Å²) in [5, 5.41) is 3.45. The van der Waals surface area contributed by atoms with E-state index >= 15 is 0 Å². The minimum absolute atomic E-state index is 0.347. The van der Waals surface area contributed by atoms with Crippen LogP contribution in [0.1, 0.15) is 27.2 Å². The number of hydrogen-bond acceptors (Lipinski definition) is 2. The van der Waals surface area contributed by atoms with Crippen molar-refractivity contribution in [2.45, 2.75) is 38.1 Å². The molecular formula is C14H21F2NS. The van der Waals surface area contributed by atoms with Crippen LogP contribution in [0, 0.1) is 17.6 Å². The zero-order valence-corrected chi connectivity index (χ0v) is 12.0. The normalized spacial score (nSPS) is 13.0. The molecule has 0 aliphatic heterocycles. The van der Waals surface area contributed by atoms with Gasteiger partial charge in [-0.2, -0.15) is 0 Å². The van der Waals surface area contributed by atoms with E-state index in [4.69, 9.17) is 0 Å². The van der Waals surface area contributed by atoms with E-state index in [9.17, 15) is 8.78 Å². The molecule has 0 heterocycles. The van der Waals surface area contributed by atoms with Crippen molar-refractivity contribution in [1.29, 1.82) is 0 Å². The van der Waals surface area contributed by atoms with Gasteiger partial charge in [-0.15, -0.1) is 11.8 Å². The zero-order valence-electron chi connectivity index (χ0n) is 11.2. The molecule has 1 aromatic rings. The van der Waals surface area contributed by atoms with E-state index in [0.29, 0.717) is 16.9 Å². The molecule has 102 valence electrons. The van der Waals surface area contributed by atoms with Crippen molar-refractivity contribution in [3.63, 3.8) is 0 Å². The highest BCUT2D eigenvalue weighted by Gasteiger charge is 2.14. The Hall–Kier alpha value is -0.610. The average molecular weight is 273 g/mol. The van der Waals surface area contributed by atoms with Crippen molar-refractivity contribution in [3.05, 3.63) is 29.8 Å². The van der Waals surface area contributed by atoms with Gasteiger partial charge in [-0.1, -0.05) is 20.8 Å².